The Morgan fingerprint density at radius 3 is 2.74 bits per heavy atom. The third kappa shape index (κ3) is 3.91. The van der Waals surface area contributed by atoms with Gasteiger partial charge in [0.25, 0.3) is 0 Å². The van der Waals surface area contributed by atoms with E-state index in [0.717, 1.165) is 0 Å². The summed E-state index contributed by atoms with van der Waals surface area (Å²) in [6.45, 7) is 0.562. The highest BCUT2D eigenvalue weighted by atomic mass is 35.5. The third-order valence-corrected chi connectivity index (χ3v) is 3.40. The molecule has 1 amide bonds. The van der Waals surface area contributed by atoms with Crippen molar-refractivity contribution in [1.29, 1.82) is 0 Å². The van der Waals surface area contributed by atoms with E-state index in [0.29, 0.717) is 23.6 Å². The molecule has 1 saturated heterocycles. The molecule has 3 atom stereocenters. The van der Waals surface area contributed by atoms with E-state index < -0.39 is 12.2 Å². The minimum absolute atomic E-state index is 0.134. The van der Waals surface area contributed by atoms with Crippen molar-refractivity contribution < 1.29 is 15.0 Å². The Bertz CT molecular complexity index is 438. The number of carbonyl (C=O) groups is 1. The molecule has 1 aromatic rings. The maximum absolute atomic E-state index is 11.8. The van der Waals surface area contributed by atoms with Crippen molar-refractivity contribution in [2.45, 2.75) is 24.7 Å². The zero-order chi connectivity index (χ0) is 13.8. The second kappa shape index (κ2) is 6.34. The minimum Gasteiger partial charge on any atom is -0.392 e. The molecular weight excluding hydrogens is 268 g/mol. The first-order chi connectivity index (χ1) is 9.06. The monoisotopic (exact) mass is 284 g/mol. The molecule has 0 saturated carbocycles. The van der Waals surface area contributed by atoms with Crippen LogP contribution in [0.25, 0.3) is 0 Å². The average Bonchev–Trinajstić information content (AvgIpc) is 2.83. The van der Waals surface area contributed by atoms with Gasteiger partial charge in [-0.05, 0) is 24.1 Å². The van der Waals surface area contributed by atoms with Gasteiger partial charge in [0.2, 0.25) is 5.91 Å². The Hall–Kier alpha value is -1.14. The van der Waals surface area contributed by atoms with Crippen LogP contribution in [0.1, 0.15) is 18.1 Å². The third-order valence-electron chi connectivity index (χ3n) is 3.15. The predicted molar refractivity (Wildman–Crippen MR) is 71.8 cm³/mol. The summed E-state index contributed by atoms with van der Waals surface area (Å²) in [6, 6.07) is 6.44. The number of rotatable bonds is 4. The summed E-state index contributed by atoms with van der Waals surface area (Å²) in [5.74, 6) is -0.204. The van der Waals surface area contributed by atoms with Gasteiger partial charge in [0.15, 0.2) is 0 Å². The highest BCUT2D eigenvalue weighted by Gasteiger charge is 2.28. The second-order valence-corrected chi connectivity index (χ2v) is 5.10. The van der Waals surface area contributed by atoms with E-state index in [1.807, 2.05) is 0 Å². The lowest BCUT2D eigenvalue weighted by Gasteiger charge is -2.15. The van der Waals surface area contributed by atoms with Crippen LogP contribution in [-0.2, 0) is 4.79 Å². The van der Waals surface area contributed by atoms with E-state index in [-0.39, 0.29) is 18.5 Å². The van der Waals surface area contributed by atoms with Crippen LogP contribution in [0, 0.1) is 0 Å². The average molecular weight is 285 g/mol. The fraction of sp³-hybridized carbons (Fsp3) is 0.462. The summed E-state index contributed by atoms with van der Waals surface area (Å²) >= 11 is 5.76. The number of aliphatic hydroxyl groups is 2. The molecule has 5 nitrogen and oxygen atoms in total. The number of hydrogen-bond donors (Lipinski definition) is 4. The topological polar surface area (TPSA) is 81.6 Å². The Morgan fingerprint density at radius 2 is 2.16 bits per heavy atom. The number of nitrogens with one attached hydrogen (secondary N) is 2. The number of carbonyl (C=O) groups excluding carboxylic acids is 1. The molecule has 0 aliphatic carbocycles. The smallest absolute Gasteiger partial charge is 0.237 e. The zero-order valence-corrected chi connectivity index (χ0v) is 11.1. The van der Waals surface area contributed by atoms with Crippen LogP contribution < -0.4 is 10.6 Å². The molecule has 1 aliphatic heterocycles. The van der Waals surface area contributed by atoms with E-state index in [9.17, 15) is 15.0 Å². The summed E-state index contributed by atoms with van der Waals surface area (Å²) in [7, 11) is 0. The van der Waals surface area contributed by atoms with E-state index in [4.69, 9.17) is 11.6 Å². The standard InChI is InChI=1S/C13H17ClN2O3/c14-9-3-1-8(2-4-9)12(18)7-16-13(19)11-5-10(17)6-15-11/h1-4,10-12,15,17-18H,5-7H2,(H,16,19)/t10-,11-,12-/m0/s1. The highest BCUT2D eigenvalue weighted by Crippen LogP contribution is 2.16. The van der Waals surface area contributed by atoms with E-state index in [2.05, 4.69) is 10.6 Å². The van der Waals surface area contributed by atoms with Crippen LogP contribution in [0.5, 0.6) is 0 Å². The van der Waals surface area contributed by atoms with Gasteiger partial charge in [-0.1, -0.05) is 23.7 Å². The SMILES string of the molecule is O=C(NC[C@H](O)c1ccc(Cl)cc1)[C@@H]1C[C@H](O)CN1. The first-order valence-corrected chi connectivity index (χ1v) is 6.56. The fourth-order valence-corrected chi connectivity index (χ4v) is 2.17. The van der Waals surface area contributed by atoms with E-state index >= 15 is 0 Å². The van der Waals surface area contributed by atoms with Gasteiger partial charge < -0.3 is 20.8 Å². The summed E-state index contributed by atoms with van der Waals surface area (Å²) in [5.41, 5.74) is 0.698. The Balaban J connectivity index is 1.81. The number of hydrogen-bond acceptors (Lipinski definition) is 4. The molecule has 1 aromatic carbocycles. The van der Waals surface area contributed by atoms with E-state index in [1.54, 1.807) is 24.3 Å². The van der Waals surface area contributed by atoms with Gasteiger partial charge in [0.05, 0.1) is 18.2 Å². The van der Waals surface area contributed by atoms with Crippen molar-refractivity contribution in [3.8, 4) is 0 Å². The van der Waals surface area contributed by atoms with Gasteiger partial charge in [0, 0.05) is 18.1 Å². The summed E-state index contributed by atoms with van der Waals surface area (Å²) < 4.78 is 0. The molecule has 1 fully saturated rings. The highest BCUT2D eigenvalue weighted by molar-refractivity contribution is 6.30. The molecule has 0 aromatic heterocycles. The molecular formula is C13H17ClN2O3. The van der Waals surface area contributed by atoms with Gasteiger partial charge in [0.1, 0.15) is 0 Å². The molecule has 1 aliphatic rings. The van der Waals surface area contributed by atoms with E-state index in [1.165, 1.54) is 0 Å². The van der Waals surface area contributed by atoms with Crippen LogP contribution in [0.4, 0.5) is 0 Å². The maximum atomic E-state index is 11.8. The van der Waals surface area contributed by atoms with Crippen molar-refractivity contribution in [3.63, 3.8) is 0 Å². The Labute approximate surface area is 116 Å². The normalized spacial score (nSPS) is 24.2. The first-order valence-electron chi connectivity index (χ1n) is 6.19. The zero-order valence-electron chi connectivity index (χ0n) is 10.3. The molecule has 0 radical (unpaired) electrons. The van der Waals surface area contributed by atoms with Crippen molar-refractivity contribution >= 4 is 17.5 Å². The van der Waals surface area contributed by atoms with Crippen molar-refractivity contribution in [3.05, 3.63) is 34.9 Å². The van der Waals surface area contributed by atoms with Gasteiger partial charge in [-0.15, -0.1) is 0 Å². The lowest BCUT2D eigenvalue weighted by molar-refractivity contribution is -0.123. The number of β-amino-alcohol motifs (C(OH)–C–C–N with tert-alkyl or cyclic N) is 1. The van der Waals surface area contributed by atoms with Crippen LogP contribution in [0.15, 0.2) is 24.3 Å². The maximum Gasteiger partial charge on any atom is 0.237 e. The number of halogens is 1. The molecule has 0 unspecified atom stereocenters. The molecule has 0 spiro atoms. The number of amides is 1. The fourth-order valence-electron chi connectivity index (χ4n) is 2.04. The van der Waals surface area contributed by atoms with Gasteiger partial charge in [-0.25, -0.2) is 0 Å². The molecule has 104 valence electrons. The largest absolute Gasteiger partial charge is 0.392 e. The summed E-state index contributed by atoms with van der Waals surface area (Å²) in [4.78, 5) is 11.8. The lowest BCUT2D eigenvalue weighted by atomic mass is 10.1. The van der Waals surface area contributed by atoms with Crippen molar-refractivity contribution in [1.82, 2.24) is 10.6 Å². The molecule has 0 bridgehead atoms. The summed E-state index contributed by atoms with van der Waals surface area (Å²) in [6.07, 6.45) is -0.840. The second-order valence-electron chi connectivity index (χ2n) is 4.66. The van der Waals surface area contributed by atoms with Gasteiger partial charge in [-0.2, -0.15) is 0 Å². The molecule has 4 N–H and O–H groups in total. The van der Waals surface area contributed by atoms with Crippen LogP contribution in [0.2, 0.25) is 5.02 Å². The summed E-state index contributed by atoms with van der Waals surface area (Å²) in [5, 5.41) is 25.4. The van der Waals surface area contributed by atoms with Crippen molar-refractivity contribution in [2.24, 2.45) is 0 Å². The Morgan fingerprint density at radius 1 is 1.47 bits per heavy atom. The molecule has 2 rings (SSSR count). The van der Waals surface area contributed by atoms with Gasteiger partial charge in [-0.3, -0.25) is 4.79 Å². The molecule has 6 heteroatoms. The quantitative estimate of drug-likeness (QED) is 0.637. The first kappa shape index (κ1) is 14.3. The Kier molecular flexibility index (Phi) is 4.76. The molecule has 1 heterocycles. The number of benzene rings is 1. The molecule has 19 heavy (non-hydrogen) atoms. The predicted octanol–water partition coefficient (Wildman–Crippen LogP) is 0.212. The minimum atomic E-state index is -0.771. The van der Waals surface area contributed by atoms with Crippen molar-refractivity contribution in [2.75, 3.05) is 13.1 Å². The van der Waals surface area contributed by atoms with Gasteiger partial charge >= 0.3 is 0 Å². The van der Waals surface area contributed by atoms with Crippen LogP contribution >= 0.6 is 11.6 Å². The number of aliphatic hydroxyl groups excluding tert-OH is 2. The van der Waals surface area contributed by atoms with Crippen LogP contribution in [-0.4, -0.2) is 41.4 Å². The van der Waals surface area contributed by atoms with Crippen LogP contribution in [0.3, 0.4) is 0 Å². The lowest BCUT2D eigenvalue weighted by Crippen LogP contribution is -2.41.